The molecule has 42 heavy (non-hydrogen) atoms. The number of hydrogen-bond acceptors (Lipinski definition) is 8. The number of rotatable bonds is 18. The fourth-order valence-corrected chi connectivity index (χ4v) is 5.54. The number of benzene rings is 1. The van der Waals surface area contributed by atoms with Crippen LogP contribution < -0.4 is 16.0 Å². The number of unbranched alkanes of at least 4 members (excludes halogenated alkanes) is 4. The summed E-state index contributed by atoms with van der Waals surface area (Å²) in [5.41, 5.74) is -1.39. The second-order valence-corrected chi connectivity index (χ2v) is 12.5. The van der Waals surface area contributed by atoms with E-state index in [1.165, 1.54) is 0 Å². The van der Waals surface area contributed by atoms with E-state index in [0.717, 1.165) is 31.2 Å². The van der Waals surface area contributed by atoms with Gasteiger partial charge < -0.3 is 25.4 Å². The number of amides is 3. The van der Waals surface area contributed by atoms with Gasteiger partial charge in [-0.1, -0.05) is 76.8 Å². The molecule has 1 unspecified atom stereocenters. The summed E-state index contributed by atoms with van der Waals surface area (Å²) in [6.45, 7) is 6.06. The number of hydrogen-bond donors (Lipinski definition) is 4. The van der Waals surface area contributed by atoms with Crippen LogP contribution in [0.1, 0.15) is 84.1 Å². The third kappa shape index (κ3) is 12.8. The third-order valence-corrected chi connectivity index (χ3v) is 7.92. The van der Waals surface area contributed by atoms with Crippen LogP contribution in [0, 0.1) is 11.8 Å². The Kier molecular flexibility index (Phi) is 14.7. The number of carbonyl (C=O) groups is 4. The summed E-state index contributed by atoms with van der Waals surface area (Å²) in [6, 6.07) is 6.37. The highest BCUT2D eigenvalue weighted by Crippen LogP contribution is 2.22. The number of ether oxygens (including phenoxy) is 2. The standard InChI is InChI=1S/C29H45N3O9S/c1-4-5-6-7-11-14-25(33)41-28(42(37,38)39)24(18-22-15-16-30-26(22)34)31-27(35)23(17-20(2)3)32-29(36)40-19-21-12-9-8-10-13-21/h8-10,12-13,20,22-24,28H,4-7,11,14-19H2,1-3H3,(H,30,34)(H,31,35)(H,32,36)(H,37,38,39)/t22-,23-,24-,28?/m0/s1. The lowest BCUT2D eigenvalue weighted by Crippen LogP contribution is -2.55. The van der Waals surface area contributed by atoms with Crippen LogP contribution in [0.25, 0.3) is 0 Å². The van der Waals surface area contributed by atoms with E-state index in [1.54, 1.807) is 24.3 Å². The smallest absolute Gasteiger partial charge is 0.408 e. The zero-order chi connectivity index (χ0) is 31.1. The average molecular weight is 612 g/mol. The van der Waals surface area contributed by atoms with Crippen molar-refractivity contribution in [1.82, 2.24) is 16.0 Å². The number of nitrogens with one attached hydrogen (secondary N) is 3. The topological polar surface area (TPSA) is 177 Å². The van der Waals surface area contributed by atoms with Gasteiger partial charge in [-0.25, -0.2) is 4.79 Å². The Hall–Kier alpha value is -3.19. The largest absolute Gasteiger partial charge is 0.445 e. The zero-order valence-corrected chi connectivity index (χ0v) is 25.5. The highest BCUT2D eigenvalue weighted by Gasteiger charge is 2.41. The van der Waals surface area contributed by atoms with Crippen molar-refractivity contribution in [2.45, 2.75) is 103 Å². The Balaban J connectivity index is 2.19. The first-order chi connectivity index (χ1) is 19.9. The number of alkyl carbamates (subject to hydrolysis) is 1. The molecule has 3 amide bonds. The fraction of sp³-hybridized carbons (Fsp3) is 0.655. The molecule has 1 aliphatic heterocycles. The number of carbonyl (C=O) groups excluding carboxylic acids is 4. The lowest BCUT2D eigenvalue weighted by atomic mass is 9.97. The van der Waals surface area contributed by atoms with Crippen molar-refractivity contribution in [3.05, 3.63) is 35.9 Å². The van der Waals surface area contributed by atoms with Gasteiger partial charge in [0.2, 0.25) is 17.3 Å². The molecule has 0 spiro atoms. The Morgan fingerprint density at radius 2 is 1.76 bits per heavy atom. The lowest BCUT2D eigenvalue weighted by Gasteiger charge is -2.29. The van der Waals surface area contributed by atoms with Crippen molar-refractivity contribution in [2.24, 2.45) is 11.8 Å². The molecule has 1 saturated heterocycles. The van der Waals surface area contributed by atoms with Crippen LogP contribution in [0.4, 0.5) is 4.79 Å². The van der Waals surface area contributed by atoms with Crippen LogP contribution in [0.2, 0.25) is 0 Å². The molecular weight excluding hydrogens is 566 g/mol. The molecule has 4 N–H and O–H groups in total. The molecule has 0 aliphatic carbocycles. The molecule has 1 heterocycles. The second kappa shape index (κ2) is 17.7. The summed E-state index contributed by atoms with van der Waals surface area (Å²) in [4.78, 5) is 50.9. The van der Waals surface area contributed by atoms with Crippen molar-refractivity contribution in [3.8, 4) is 0 Å². The van der Waals surface area contributed by atoms with E-state index in [2.05, 4.69) is 22.9 Å². The molecule has 2 rings (SSSR count). The second-order valence-electron chi connectivity index (χ2n) is 11.1. The quantitative estimate of drug-likeness (QED) is 0.110. The van der Waals surface area contributed by atoms with Crippen molar-refractivity contribution in [1.29, 1.82) is 0 Å². The van der Waals surface area contributed by atoms with E-state index in [0.29, 0.717) is 19.4 Å². The van der Waals surface area contributed by atoms with Gasteiger partial charge in [-0.05, 0) is 37.2 Å². The lowest BCUT2D eigenvalue weighted by molar-refractivity contribution is -0.148. The maximum absolute atomic E-state index is 13.4. The van der Waals surface area contributed by atoms with E-state index in [4.69, 9.17) is 9.47 Å². The molecule has 12 nitrogen and oxygen atoms in total. The Morgan fingerprint density at radius 1 is 1.07 bits per heavy atom. The molecule has 1 aliphatic rings. The summed E-state index contributed by atoms with van der Waals surface area (Å²) in [6.07, 6.45) is 3.59. The van der Waals surface area contributed by atoms with Crippen LogP contribution in [0.5, 0.6) is 0 Å². The molecule has 4 atom stereocenters. The van der Waals surface area contributed by atoms with Gasteiger partial charge in [0, 0.05) is 18.9 Å². The Morgan fingerprint density at radius 3 is 2.36 bits per heavy atom. The first-order valence-corrected chi connectivity index (χ1v) is 16.1. The minimum Gasteiger partial charge on any atom is -0.445 e. The summed E-state index contributed by atoms with van der Waals surface area (Å²) in [5, 5.41) is 7.71. The van der Waals surface area contributed by atoms with Crippen molar-refractivity contribution < 1.29 is 41.6 Å². The predicted octanol–water partition coefficient (Wildman–Crippen LogP) is 3.46. The molecule has 13 heteroatoms. The Bertz CT molecular complexity index is 1130. The molecule has 0 aromatic heterocycles. The molecule has 1 aromatic rings. The summed E-state index contributed by atoms with van der Waals surface area (Å²) >= 11 is 0. The van der Waals surface area contributed by atoms with E-state index in [1.807, 2.05) is 19.9 Å². The van der Waals surface area contributed by atoms with Crippen LogP contribution in [-0.4, -0.2) is 60.9 Å². The summed E-state index contributed by atoms with van der Waals surface area (Å²) in [5.74, 6) is -2.69. The Labute approximate surface area is 248 Å². The van der Waals surface area contributed by atoms with Crippen LogP contribution in [0.15, 0.2) is 30.3 Å². The minimum atomic E-state index is -5.02. The zero-order valence-electron chi connectivity index (χ0n) is 24.7. The van der Waals surface area contributed by atoms with Gasteiger partial charge in [-0.2, -0.15) is 8.42 Å². The van der Waals surface area contributed by atoms with Gasteiger partial charge in [0.15, 0.2) is 0 Å². The predicted molar refractivity (Wildman–Crippen MR) is 155 cm³/mol. The highest BCUT2D eigenvalue weighted by atomic mass is 32.2. The van der Waals surface area contributed by atoms with E-state index in [9.17, 15) is 32.1 Å². The van der Waals surface area contributed by atoms with Gasteiger partial charge in [-0.15, -0.1) is 0 Å². The van der Waals surface area contributed by atoms with Crippen LogP contribution in [-0.2, 0) is 40.6 Å². The first-order valence-electron chi connectivity index (χ1n) is 14.6. The van der Waals surface area contributed by atoms with Crippen LogP contribution in [0.3, 0.4) is 0 Å². The van der Waals surface area contributed by atoms with Gasteiger partial charge >= 0.3 is 22.2 Å². The molecule has 0 bridgehead atoms. The molecular formula is C29H45N3O9S. The maximum atomic E-state index is 13.4. The highest BCUT2D eigenvalue weighted by molar-refractivity contribution is 7.86. The fourth-order valence-electron chi connectivity index (χ4n) is 4.72. The normalized spacial score (nSPS) is 17.2. The third-order valence-electron chi connectivity index (χ3n) is 6.91. The molecule has 1 aromatic carbocycles. The van der Waals surface area contributed by atoms with Gasteiger partial charge in [0.25, 0.3) is 0 Å². The van der Waals surface area contributed by atoms with Crippen molar-refractivity contribution in [2.75, 3.05) is 6.54 Å². The molecule has 0 saturated carbocycles. The molecule has 0 radical (unpaired) electrons. The first kappa shape index (κ1) is 35.0. The summed E-state index contributed by atoms with van der Waals surface area (Å²) in [7, 11) is -5.02. The SMILES string of the molecule is CCCCCCCC(=O)OC([C@H](C[C@@H]1CCNC1=O)NC(=O)[C@H](CC(C)C)NC(=O)OCc1ccccc1)S(=O)(=O)O. The van der Waals surface area contributed by atoms with E-state index >= 15 is 0 Å². The van der Waals surface area contributed by atoms with Gasteiger partial charge in [0.1, 0.15) is 12.6 Å². The monoisotopic (exact) mass is 611 g/mol. The average Bonchev–Trinajstić information content (AvgIpc) is 3.33. The minimum absolute atomic E-state index is 0.0265. The van der Waals surface area contributed by atoms with Crippen LogP contribution >= 0.6 is 0 Å². The molecule has 1 fully saturated rings. The summed E-state index contributed by atoms with van der Waals surface area (Å²) < 4.78 is 45.4. The maximum Gasteiger partial charge on any atom is 0.408 e. The van der Waals surface area contributed by atoms with E-state index in [-0.39, 0.29) is 37.7 Å². The van der Waals surface area contributed by atoms with E-state index < -0.39 is 51.5 Å². The van der Waals surface area contributed by atoms with Gasteiger partial charge in [0.05, 0.1) is 6.04 Å². The van der Waals surface area contributed by atoms with Crippen molar-refractivity contribution >= 4 is 34.0 Å². The molecule has 236 valence electrons. The van der Waals surface area contributed by atoms with Gasteiger partial charge in [-0.3, -0.25) is 18.9 Å². The number of esters is 1. The van der Waals surface area contributed by atoms with Crippen molar-refractivity contribution in [3.63, 3.8) is 0 Å².